The second kappa shape index (κ2) is 15.2. The van der Waals surface area contributed by atoms with Gasteiger partial charge in [0, 0.05) is 18.8 Å². The summed E-state index contributed by atoms with van der Waals surface area (Å²) in [4.78, 5) is 2.52. The Morgan fingerprint density at radius 3 is 2.13 bits per heavy atom. The number of piperidine rings is 1. The van der Waals surface area contributed by atoms with Crippen LogP contribution < -0.4 is 4.90 Å². The molecule has 1 aliphatic rings. The maximum absolute atomic E-state index is 2.90. The van der Waals surface area contributed by atoms with Crippen LogP contribution >= 0.6 is 9.24 Å². The first-order valence-electron chi connectivity index (χ1n) is 11.8. The molecular weight excluding hydrogens is 381 g/mol. The minimum atomic E-state index is 0.868. The molecule has 1 unspecified atom stereocenters. The summed E-state index contributed by atoms with van der Waals surface area (Å²) < 4.78 is 0. The molecule has 1 heterocycles. The van der Waals surface area contributed by atoms with Gasteiger partial charge in [-0.3, -0.25) is 0 Å². The fraction of sp³-hybridized carbons (Fsp3) is 0.500. The average Bonchev–Trinajstić information content (AvgIpc) is 2.76. The summed E-state index contributed by atoms with van der Waals surface area (Å²) in [5.74, 6) is 0.868. The molecule has 2 heteroatoms. The lowest BCUT2D eigenvalue weighted by Crippen LogP contribution is -2.32. The predicted octanol–water partition coefficient (Wildman–Crippen LogP) is 8.83. The molecule has 1 fully saturated rings. The lowest BCUT2D eigenvalue weighted by molar-refractivity contribution is 0.438. The third-order valence-electron chi connectivity index (χ3n) is 5.33. The van der Waals surface area contributed by atoms with Crippen LogP contribution in [-0.2, 0) is 0 Å². The summed E-state index contributed by atoms with van der Waals surface area (Å²) >= 11 is 0. The van der Waals surface area contributed by atoms with Gasteiger partial charge in [-0.2, -0.15) is 0 Å². The molecule has 0 radical (unpaired) electrons. The minimum Gasteiger partial charge on any atom is -0.371 e. The maximum atomic E-state index is 2.90. The Hall–Kier alpha value is -1.59. The van der Waals surface area contributed by atoms with E-state index in [9.17, 15) is 0 Å². The molecule has 1 atom stereocenters. The second-order valence-corrected chi connectivity index (χ2v) is 9.01. The van der Waals surface area contributed by atoms with Gasteiger partial charge in [0.25, 0.3) is 0 Å². The van der Waals surface area contributed by atoms with Gasteiger partial charge in [0.2, 0.25) is 0 Å². The molecule has 0 aromatic heterocycles. The van der Waals surface area contributed by atoms with E-state index < -0.39 is 0 Å². The highest BCUT2D eigenvalue weighted by Crippen LogP contribution is 2.30. The third kappa shape index (κ3) is 9.48. The molecule has 0 saturated carbocycles. The number of hydrogen-bond acceptors (Lipinski definition) is 1. The number of benzene rings is 2. The molecule has 0 N–H and O–H groups in total. The topological polar surface area (TPSA) is 3.24 Å². The molecule has 2 aromatic carbocycles. The smallest absolute Gasteiger partial charge is 0.0372 e. The first kappa shape index (κ1) is 26.4. The normalized spacial score (nSPS) is 14.4. The Bertz CT molecular complexity index is 740. The van der Waals surface area contributed by atoms with E-state index in [1.54, 1.807) is 0 Å². The highest BCUT2D eigenvalue weighted by atomic mass is 31.0. The molecule has 1 nitrogen and oxygen atoms in total. The summed E-state index contributed by atoms with van der Waals surface area (Å²) in [5.41, 5.74) is 5.24. The summed E-state index contributed by atoms with van der Waals surface area (Å²) in [5, 5.41) is 1.24. The van der Waals surface area contributed by atoms with Gasteiger partial charge in [-0.15, -0.1) is 9.24 Å². The highest BCUT2D eigenvalue weighted by molar-refractivity contribution is 7.32. The molecule has 30 heavy (non-hydrogen) atoms. The van der Waals surface area contributed by atoms with Gasteiger partial charge in [-0.1, -0.05) is 90.3 Å². The zero-order valence-corrected chi connectivity index (χ0v) is 21.4. The van der Waals surface area contributed by atoms with E-state index in [2.05, 4.69) is 110 Å². The Morgan fingerprint density at radius 2 is 1.57 bits per heavy atom. The fourth-order valence-electron chi connectivity index (χ4n) is 3.15. The zero-order chi connectivity index (χ0) is 22.4. The minimum absolute atomic E-state index is 0.868. The van der Waals surface area contributed by atoms with E-state index in [0.717, 1.165) is 5.92 Å². The molecule has 2 aromatic rings. The largest absolute Gasteiger partial charge is 0.371 e. The van der Waals surface area contributed by atoms with Crippen LogP contribution in [0.2, 0.25) is 0 Å². The maximum Gasteiger partial charge on any atom is 0.0372 e. The molecule has 1 aliphatic heterocycles. The van der Waals surface area contributed by atoms with E-state index >= 15 is 0 Å². The molecule has 0 bridgehead atoms. The summed E-state index contributed by atoms with van der Waals surface area (Å²) in [7, 11) is 2.90. The van der Waals surface area contributed by atoms with Crippen LogP contribution in [0, 0.1) is 12.8 Å². The first-order chi connectivity index (χ1) is 14.5. The van der Waals surface area contributed by atoms with Gasteiger partial charge in [-0.25, -0.2) is 0 Å². The van der Waals surface area contributed by atoms with E-state index in [0.29, 0.717) is 0 Å². The van der Waals surface area contributed by atoms with Crippen LogP contribution in [0.5, 0.6) is 0 Å². The summed E-state index contributed by atoms with van der Waals surface area (Å²) in [6.45, 7) is 15.5. The van der Waals surface area contributed by atoms with Gasteiger partial charge < -0.3 is 4.90 Å². The van der Waals surface area contributed by atoms with Crippen LogP contribution in [-0.4, -0.2) is 13.1 Å². The second-order valence-electron chi connectivity index (χ2n) is 8.38. The Morgan fingerprint density at radius 1 is 0.967 bits per heavy atom. The van der Waals surface area contributed by atoms with Crippen molar-refractivity contribution in [1.29, 1.82) is 0 Å². The number of unbranched alkanes of at least 4 members (excludes halogenated alkanes) is 1. The van der Waals surface area contributed by atoms with Crippen molar-refractivity contribution in [2.75, 3.05) is 18.0 Å². The van der Waals surface area contributed by atoms with Crippen molar-refractivity contribution in [2.45, 2.75) is 73.6 Å². The van der Waals surface area contributed by atoms with Crippen molar-refractivity contribution in [3.05, 3.63) is 65.2 Å². The summed E-state index contributed by atoms with van der Waals surface area (Å²) in [6.07, 6.45) is 8.76. The van der Waals surface area contributed by atoms with Crippen molar-refractivity contribution >= 4 is 26.3 Å². The fourth-order valence-corrected chi connectivity index (χ4v) is 3.51. The van der Waals surface area contributed by atoms with Gasteiger partial charge in [0.15, 0.2) is 0 Å². The zero-order valence-electron chi connectivity index (χ0n) is 20.2. The Labute approximate surface area is 189 Å². The number of rotatable bonds is 4. The Kier molecular flexibility index (Phi) is 13.4. The van der Waals surface area contributed by atoms with Crippen molar-refractivity contribution in [3.8, 4) is 0 Å². The van der Waals surface area contributed by atoms with Crippen molar-refractivity contribution in [2.24, 2.45) is 5.92 Å². The molecule has 3 rings (SSSR count). The van der Waals surface area contributed by atoms with E-state index in [-0.39, 0.29) is 0 Å². The monoisotopic (exact) mass is 425 g/mol. The van der Waals surface area contributed by atoms with Gasteiger partial charge >= 0.3 is 0 Å². The number of aryl methyl sites for hydroxylation is 1. The SMILES string of the molecule is CCC.CCCC.Cc1ccccc1/C=C(\P)c1cccc(N2CCC(C)CC2)c1. The quantitative estimate of drug-likeness (QED) is 0.349. The van der Waals surface area contributed by atoms with Crippen LogP contribution in [0.3, 0.4) is 0 Å². The first-order valence-corrected chi connectivity index (χ1v) is 12.4. The molecule has 1 saturated heterocycles. The van der Waals surface area contributed by atoms with Crippen LogP contribution in [0.1, 0.15) is 83.4 Å². The van der Waals surface area contributed by atoms with Crippen LogP contribution in [0.4, 0.5) is 5.69 Å². The van der Waals surface area contributed by atoms with Crippen molar-refractivity contribution < 1.29 is 0 Å². The molecule has 166 valence electrons. The van der Waals surface area contributed by atoms with Crippen molar-refractivity contribution in [1.82, 2.24) is 0 Å². The molecule has 0 spiro atoms. The van der Waals surface area contributed by atoms with E-state index in [1.807, 2.05) is 0 Å². The number of anilines is 1. The molecule has 0 amide bonds. The summed E-state index contributed by atoms with van der Waals surface area (Å²) in [6, 6.07) is 17.5. The predicted molar refractivity (Wildman–Crippen MR) is 142 cm³/mol. The number of nitrogens with zero attached hydrogens (tertiary/aromatic N) is 1. The van der Waals surface area contributed by atoms with Gasteiger partial charge in [0.1, 0.15) is 0 Å². The van der Waals surface area contributed by atoms with Crippen LogP contribution in [0.15, 0.2) is 48.5 Å². The standard InChI is InChI=1S/C21H26NP.C4H10.C3H8/c1-16-10-12-22(13-11-16)20-9-5-8-19(14-20)21(23)15-18-7-4-3-6-17(18)2;1-3-4-2;1-3-2/h3-9,14-16H,10-13,23H2,1-2H3;3-4H2,1-2H3;3H2,1-2H3/b21-15-;;. The lowest BCUT2D eigenvalue weighted by atomic mass is 9.98. The lowest BCUT2D eigenvalue weighted by Gasteiger charge is -2.32. The van der Waals surface area contributed by atoms with Crippen LogP contribution in [0.25, 0.3) is 11.4 Å². The number of hydrogen-bond donors (Lipinski definition) is 0. The third-order valence-corrected chi connectivity index (χ3v) is 5.83. The molecule has 0 aliphatic carbocycles. The average molecular weight is 426 g/mol. The van der Waals surface area contributed by atoms with E-state index in [4.69, 9.17) is 0 Å². The van der Waals surface area contributed by atoms with Gasteiger partial charge in [-0.05, 0) is 65.9 Å². The van der Waals surface area contributed by atoms with E-state index in [1.165, 1.54) is 72.9 Å². The Balaban J connectivity index is 0.000000564. The molecular formula is C28H44NP. The van der Waals surface area contributed by atoms with Crippen molar-refractivity contribution in [3.63, 3.8) is 0 Å². The highest BCUT2D eigenvalue weighted by Gasteiger charge is 2.16. The van der Waals surface area contributed by atoms with Gasteiger partial charge in [0.05, 0.1) is 0 Å².